The Hall–Kier alpha value is -3.48. The van der Waals surface area contributed by atoms with E-state index in [4.69, 9.17) is 4.74 Å². The first-order valence-electron chi connectivity index (χ1n) is 8.31. The largest absolute Gasteiger partial charge is 0.507 e. The molecule has 7 heteroatoms. The van der Waals surface area contributed by atoms with Gasteiger partial charge in [0.1, 0.15) is 17.2 Å². The quantitative estimate of drug-likeness (QED) is 0.564. The summed E-state index contributed by atoms with van der Waals surface area (Å²) in [6.45, 7) is 3.29. The second kappa shape index (κ2) is 7.03. The van der Waals surface area contributed by atoms with Gasteiger partial charge in [-0.25, -0.2) is 0 Å². The van der Waals surface area contributed by atoms with Crippen molar-refractivity contribution in [2.24, 2.45) is 0 Å². The Bertz CT molecular complexity index is 1090. The molecule has 1 atom stereocenters. The lowest BCUT2D eigenvalue weighted by Crippen LogP contribution is -2.21. The van der Waals surface area contributed by atoms with E-state index < -0.39 is 17.0 Å². The van der Waals surface area contributed by atoms with Crippen molar-refractivity contribution >= 4 is 0 Å². The summed E-state index contributed by atoms with van der Waals surface area (Å²) >= 11 is 0. The van der Waals surface area contributed by atoms with Gasteiger partial charge in [0.25, 0.3) is 11.1 Å². The smallest absolute Gasteiger partial charge is 0.256 e. The lowest BCUT2D eigenvalue weighted by Gasteiger charge is -2.22. The number of pyridine rings is 2. The molecule has 0 radical (unpaired) electrons. The minimum atomic E-state index is -0.818. The standard InChI is InChI=1S/C20H20N2O5/c1-10-7-14(23)19(20(26)21-10)18(12-5-4-6-13(8-12)27-3)17-11(2)22-16(25)9-15(17)24/h4-9,18H,1-3H3,(H2,21,23,26)(H2,22,24,25). The number of rotatable bonds is 4. The van der Waals surface area contributed by atoms with Crippen LogP contribution in [-0.4, -0.2) is 27.3 Å². The maximum atomic E-state index is 12.7. The molecule has 0 spiro atoms. The molecule has 1 unspecified atom stereocenters. The highest BCUT2D eigenvalue weighted by molar-refractivity contribution is 5.54. The van der Waals surface area contributed by atoms with Gasteiger partial charge in [-0.15, -0.1) is 0 Å². The zero-order chi connectivity index (χ0) is 19.7. The summed E-state index contributed by atoms with van der Waals surface area (Å²) in [6.07, 6.45) is 0. The van der Waals surface area contributed by atoms with Gasteiger partial charge in [-0.3, -0.25) is 9.59 Å². The highest BCUT2D eigenvalue weighted by Crippen LogP contribution is 2.40. The monoisotopic (exact) mass is 368 g/mol. The van der Waals surface area contributed by atoms with E-state index in [0.29, 0.717) is 28.3 Å². The Kier molecular flexibility index (Phi) is 4.77. The molecule has 27 heavy (non-hydrogen) atoms. The molecule has 0 aliphatic rings. The van der Waals surface area contributed by atoms with Crippen molar-refractivity contribution in [3.8, 4) is 17.2 Å². The van der Waals surface area contributed by atoms with Crippen LogP contribution in [0.4, 0.5) is 0 Å². The summed E-state index contributed by atoms with van der Waals surface area (Å²) in [6, 6.07) is 9.47. The Labute approximate surface area is 154 Å². The molecular formula is C20H20N2O5. The van der Waals surface area contributed by atoms with Gasteiger partial charge in [0, 0.05) is 28.9 Å². The first kappa shape index (κ1) is 18.3. The summed E-state index contributed by atoms with van der Waals surface area (Å²) in [5, 5.41) is 21.0. The fourth-order valence-electron chi connectivity index (χ4n) is 3.31. The number of hydrogen-bond donors (Lipinski definition) is 4. The molecule has 1 aromatic carbocycles. The van der Waals surface area contributed by atoms with Gasteiger partial charge in [-0.1, -0.05) is 12.1 Å². The maximum Gasteiger partial charge on any atom is 0.256 e. The molecule has 0 bridgehead atoms. The van der Waals surface area contributed by atoms with Crippen molar-refractivity contribution in [2.45, 2.75) is 19.8 Å². The number of aromatic hydroxyl groups is 2. The highest BCUT2D eigenvalue weighted by atomic mass is 16.5. The van der Waals surface area contributed by atoms with Crippen LogP contribution in [0.25, 0.3) is 0 Å². The summed E-state index contributed by atoms with van der Waals surface area (Å²) in [5.74, 6) is -0.721. The summed E-state index contributed by atoms with van der Waals surface area (Å²) in [4.78, 5) is 29.7. The maximum absolute atomic E-state index is 12.7. The SMILES string of the molecule is COc1cccc(C(c2c(O)cc(=O)[nH]c2C)c2c(O)cc(C)[nH]c2=O)c1. The van der Waals surface area contributed by atoms with Gasteiger partial charge < -0.3 is 24.9 Å². The topological polar surface area (TPSA) is 115 Å². The molecule has 3 rings (SSSR count). The number of H-pyrrole nitrogens is 2. The number of benzene rings is 1. The molecule has 0 saturated carbocycles. The van der Waals surface area contributed by atoms with E-state index in [1.165, 1.54) is 13.2 Å². The molecule has 2 heterocycles. The van der Waals surface area contributed by atoms with Crippen molar-refractivity contribution in [2.75, 3.05) is 7.11 Å². The normalized spacial score (nSPS) is 12.0. The lowest BCUT2D eigenvalue weighted by molar-refractivity contribution is 0.414. The van der Waals surface area contributed by atoms with Crippen molar-refractivity contribution < 1.29 is 14.9 Å². The summed E-state index contributed by atoms with van der Waals surface area (Å²) in [7, 11) is 1.52. The number of aryl methyl sites for hydroxylation is 2. The second-order valence-corrected chi connectivity index (χ2v) is 6.35. The lowest BCUT2D eigenvalue weighted by atomic mass is 9.83. The van der Waals surface area contributed by atoms with Crippen LogP contribution in [0.1, 0.15) is 34.0 Å². The van der Waals surface area contributed by atoms with Crippen LogP contribution in [0.5, 0.6) is 17.2 Å². The Balaban J connectivity index is 2.39. The Morgan fingerprint density at radius 3 is 2.30 bits per heavy atom. The van der Waals surface area contributed by atoms with Crippen LogP contribution >= 0.6 is 0 Å². The first-order chi connectivity index (χ1) is 12.8. The van der Waals surface area contributed by atoms with Crippen LogP contribution in [0.3, 0.4) is 0 Å². The number of nitrogens with one attached hydrogen (secondary N) is 2. The predicted octanol–water partition coefficient (Wildman–Crippen LogP) is 2.28. The first-order valence-corrected chi connectivity index (χ1v) is 8.31. The Morgan fingerprint density at radius 2 is 1.67 bits per heavy atom. The van der Waals surface area contributed by atoms with Crippen LogP contribution in [0.15, 0.2) is 46.0 Å². The molecular weight excluding hydrogens is 348 g/mol. The number of hydrogen-bond acceptors (Lipinski definition) is 5. The summed E-state index contributed by atoms with van der Waals surface area (Å²) < 4.78 is 5.27. The third-order valence-electron chi connectivity index (χ3n) is 4.45. The van der Waals surface area contributed by atoms with Gasteiger partial charge in [0.15, 0.2) is 0 Å². The fraction of sp³-hybridized carbons (Fsp3) is 0.200. The van der Waals surface area contributed by atoms with E-state index in [-0.39, 0.29) is 17.1 Å². The number of methoxy groups -OCH3 is 1. The van der Waals surface area contributed by atoms with Crippen LogP contribution in [0.2, 0.25) is 0 Å². The molecule has 0 aliphatic heterocycles. The van der Waals surface area contributed by atoms with Crippen LogP contribution in [-0.2, 0) is 0 Å². The second-order valence-electron chi connectivity index (χ2n) is 6.35. The number of aromatic amines is 2. The molecule has 0 saturated heterocycles. The molecule has 0 fully saturated rings. The predicted molar refractivity (Wildman–Crippen MR) is 101 cm³/mol. The summed E-state index contributed by atoms with van der Waals surface area (Å²) in [5.41, 5.74) is 0.974. The molecule has 7 nitrogen and oxygen atoms in total. The third kappa shape index (κ3) is 3.44. The van der Waals surface area contributed by atoms with Crippen molar-refractivity contribution in [3.63, 3.8) is 0 Å². The fourth-order valence-corrected chi connectivity index (χ4v) is 3.31. The average molecular weight is 368 g/mol. The Morgan fingerprint density at radius 1 is 0.963 bits per heavy atom. The van der Waals surface area contributed by atoms with E-state index in [0.717, 1.165) is 6.07 Å². The molecule has 140 valence electrons. The van der Waals surface area contributed by atoms with Crippen molar-refractivity contribution in [3.05, 3.63) is 85.2 Å². The molecule has 4 N–H and O–H groups in total. The van der Waals surface area contributed by atoms with Crippen LogP contribution in [0, 0.1) is 13.8 Å². The van der Waals surface area contributed by atoms with Gasteiger partial charge >= 0.3 is 0 Å². The zero-order valence-electron chi connectivity index (χ0n) is 15.2. The van der Waals surface area contributed by atoms with Crippen LogP contribution < -0.4 is 15.9 Å². The zero-order valence-corrected chi connectivity index (χ0v) is 15.2. The minimum Gasteiger partial charge on any atom is -0.507 e. The van der Waals surface area contributed by atoms with E-state index >= 15 is 0 Å². The van der Waals surface area contributed by atoms with Gasteiger partial charge in [0.05, 0.1) is 12.7 Å². The van der Waals surface area contributed by atoms with E-state index in [1.807, 2.05) is 0 Å². The van der Waals surface area contributed by atoms with Crippen molar-refractivity contribution in [1.29, 1.82) is 0 Å². The molecule has 0 amide bonds. The highest BCUT2D eigenvalue weighted by Gasteiger charge is 2.28. The van der Waals surface area contributed by atoms with E-state index in [2.05, 4.69) is 9.97 Å². The molecule has 2 aromatic heterocycles. The number of ether oxygens (including phenoxy) is 1. The van der Waals surface area contributed by atoms with Gasteiger partial charge in [-0.2, -0.15) is 0 Å². The van der Waals surface area contributed by atoms with E-state index in [1.54, 1.807) is 38.1 Å². The minimum absolute atomic E-state index is 0.0688. The van der Waals surface area contributed by atoms with E-state index in [9.17, 15) is 19.8 Å². The van der Waals surface area contributed by atoms with Gasteiger partial charge in [-0.05, 0) is 37.6 Å². The average Bonchev–Trinajstić information content (AvgIpc) is 2.58. The van der Waals surface area contributed by atoms with Gasteiger partial charge in [0.2, 0.25) is 0 Å². The molecule has 3 aromatic rings. The number of aromatic nitrogens is 2. The third-order valence-corrected chi connectivity index (χ3v) is 4.45. The molecule has 0 aliphatic carbocycles. The van der Waals surface area contributed by atoms with Crippen molar-refractivity contribution in [1.82, 2.24) is 9.97 Å².